The highest BCUT2D eigenvalue weighted by molar-refractivity contribution is 6.56. The summed E-state index contributed by atoms with van der Waals surface area (Å²) >= 11 is 30.7. The van der Waals surface area contributed by atoms with Crippen LogP contribution >= 0.6 is 58.0 Å². The van der Waals surface area contributed by atoms with Gasteiger partial charge in [-0.3, -0.25) is 14.4 Å². The van der Waals surface area contributed by atoms with Crippen molar-refractivity contribution in [3.63, 3.8) is 0 Å². The topological polar surface area (TPSA) is 66.5 Å². The lowest BCUT2D eigenvalue weighted by Crippen LogP contribution is -2.31. The Hall–Kier alpha value is -2.28. The molecule has 32 heavy (non-hydrogen) atoms. The molecule has 0 spiro atoms. The second kappa shape index (κ2) is 8.58. The number of hydrogen-bond donors (Lipinski definition) is 1. The Morgan fingerprint density at radius 2 is 1.34 bits per heavy atom. The summed E-state index contributed by atoms with van der Waals surface area (Å²) in [5, 5.41) is 2.59. The van der Waals surface area contributed by atoms with Crippen LogP contribution in [0.4, 0.5) is 11.4 Å². The van der Waals surface area contributed by atoms with Gasteiger partial charge in [0.1, 0.15) is 0 Å². The van der Waals surface area contributed by atoms with Crippen molar-refractivity contribution in [3.8, 4) is 0 Å². The molecule has 0 aromatic heterocycles. The molecule has 162 valence electrons. The Bertz CT molecular complexity index is 1290. The maximum atomic E-state index is 13.2. The van der Waals surface area contributed by atoms with Crippen molar-refractivity contribution >= 4 is 87.1 Å². The fourth-order valence-electron chi connectivity index (χ4n) is 3.36. The molecule has 1 aliphatic heterocycles. The van der Waals surface area contributed by atoms with Gasteiger partial charge in [-0.15, -0.1) is 0 Å². The van der Waals surface area contributed by atoms with E-state index < -0.39 is 17.7 Å². The minimum atomic E-state index is -0.769. The molecular formula is C22H11Cl5N2O3. The van der Waals surface area contributed by atoms with Crippen molar-refractivity contribution in [3.05, 3.63) is 89.8 Å². The number of nitrogens with zero attached hydrogens (tertiary/aromatic N) is 1. The minimum absolute atomic E-state index is 0.0512. The van der Waals surface area contributed by atoms with Gasteiger partial charge in [0, 0.05) is 10.7 Å². The van der Waals surface area contributed by atoms with E-state index in [1.165, 1.54) is 12.1 Å². The predicted molar refractivity (Wildman–Crippen MR) is 128 cm³/mol. The molecule has 0 bridgehead atoms. The first kappa shape index (κ1) is 22.9. The number of halogens is 5. The molecule has 0 saturated heterocycles. The van der Waals surface area contributed by atoms with Crippen molar-refractivity contribution in [1.82, 2.24) is 0 Å². The van der Waals surface area contributed by atoms with Gasteiger partial charge in [0.2, 0.25) is 0 Å². The predicted octanol–water partition coefficient (Wildman–Crippen LogP) is 7.31. The average molecular weight is 529 g/mol. The van der Waals surface area contributed by atoms with Gasteiger partial charge in [-0.25, -0.2) is 4.90 Å². The third kappa shape index (κ3) is 3.54. The first-order chi connectivity index (χ1) is 15.1. The lowest BCUT2D eigenvalue weighted by Gasteiger charge is -2.18. The molecule has 1 N–H and O–H groups in total. The molecule has 3 aromatic carbocycles. The van der Waals surface area contributed by atoms with Crippen LogP contribution in [0.15, 0.2) is 42.5 Å². The largest absolute Gasteiger partial charge is 0.322 e. The van der Waals surface area contributed by atoms with Gasteiger partial charge in [-0.2, -0.15) is 0 Å². The van der Waals surface area contributed by atoms with E-state index in [4.69, 9.17) is 58.0 Å². The molecule has 0 atom stereocenters. The van der Waals surface area contributed by atoms with Crippen LogP contribution in [0, 0.1) is 6.92 Å². The normalized spacial score (nSPS) is 12.9. The lowest BCUT2D eigenvalue weighted by atomic mass is 10.1. The van der Waals surface area contributed by atoms with Crippen LogP contribution in [-0.4, -0.2) is 17.7 Å². The number of hydrogen-bond acceptors (Lipinski definition) is 3. The molecule has 1 heterocycles. The SMILES string of the molecule is Cc1c(Cl)cccc1NC(=O)c1ccccc1N1C(=O)c2c(Cl)c(Cl)c(Cl)c(Cl)c2C1=O. The van der Waals surface area contributed by atoms with E-state index in [-0.39, 0.29) is 42.5 Å². The molecule has 1 aliphatic rings. The smallest absolute Gasteiger partial charge is 0.267 e. The van der Waals surface area contributed by atoms with E-state index in [1.807, 2.05) is 0 Å². The fourth-order valence-corrected chi connectivity index (χ4v) is 4.55. The van der Waals surface area contributed by atoms with Crippen LogP contribution < -0.4 is 10.2 Å². The summed E-state index contributed by atoms with van der Waals surface area (Å²) in [6.07, 6.45) is 0. The standard InChI is InChI=1S/C22H11Cl5N2O3/c1-9-11(23)6-4-7-12(9)28-20(30)10-5-2-3-8-13(10)29-21(31)14-15(22(29)32)17(25)19(27)18(26)16(14)24/h2-8H,1H3,(H,28,30). The molecular weight excluding hydrogens is 518 g/mol. The van der Waals surface area contributed by atoms with Crippen LogP contribution in [-0.2, 0) is 0 Å². The van der Waals surface area contributed by atoms with E-state index >= 15 is 0 Å². The monoisotopic (exact) mass is 526 g/mol. The molecule has 0 saturated carbocycles. The van der Waals surface area contributed by atoms with E-state index in [9.17, 15) is 14.4 Å². The molecule has 4 rings (SSSR count). The quantitative estimate of drug-likeness (QED) is 0.220. The van der Waals surface area contributed by atoms with E-state index in [1.54, 1.807) is 37.3 Å². The average Bonchev–Trinajstić information content (AvgIpc) is 3.04. The number of fused-ring (bicyclic) bond motifs is 1. The van der Waals surface area contributed by atoms with Crippen molar-refractivity contribution in [2.75, 3.05) is 10.2 Å². The number of rotatable bonds is 3. The van der Waals surface area contributed by atoms with Gasteiger partial charge >= 0.3 is 0 Å². The zero-order valence-electron chi connectivity index (χ0n) is 16.1. The summed E-state index contributed by atoms with van der Waals surface area (Å²) < 4.78 is 0. The number of amides is 3. The highest BCUT2D eigenvalue weighted by Gasteiger charge is 2.43. The molecule has 0 unspecified atom stereocenters. The van der Waals surface area contributed by atoms with Gasteiger partial charge in [0.05, 0.1) is 42.5 Å². The van der Waals surface area contributed by atoms with Crippen molar-refractivity contribution < 1.29 is 14.4 Å². The molecule has 0 fully saturated rings. The first-order valence-electron chi connectivity index (χ1n) is 9.05. The highest BCUT2D eigenvalue weighted by atomic mass is 35.5. The van der Waals surface area contributed by atoms with Gasteiger partial charge < -0.3 is 5.32 Å². The number of imide groups is 1. The Morgan fingerprint density at radius 3 is 1.94 bits per heavy atom. The van der Waals surface area contributed by atoms with Crippen molar-refractivity contribution in [2.45, 2.75) is 6.92 Å². The zero-order chi connectivity index (χ0) is 23.3. The molecule has 3 aromatic rings. The van der Waals surface area contributed by atoms with Crippen LogP contribution in [0.3, 0.4) is 0 Å². The summed E-state index contributed by atoms with van der Waals surface area (Å²) in [5.74, 6) is -2.08. The Labute approximate surface area is 207 Å². The van der Waals surface area contributed by atoms with Crippen LogP contribution in [0.2, 0.25) is 25.1 Å². The molecule has 10 heteroatoms. The maximum Gasteiger partial charge on any atom is 0.267 e. The van der Waals surface area contributed by atoms with E-state index in [2.05, 4.69) is 5.32 Å². The number of anilines is 2. The van der Waals surface area contributed by atoms with Crippen LogP contribution in [0.5, 0.6) is 0 Å². The van der Waals surface area contributed by atoms with Gasteiger partial charge in [-0.1, -0.05) is 76.2 Å². The Morgan fingerprint density at radius 1 is 0.781 bits per heavy atom. The van der Waals surface area contributed by atoms with Gasteiger partial charge in [0.25, 0.3) is 17.7 Å². The number of nitrogens with one attached hydrogen (secondary N) is 1. The van der Waals surface area contributed by atoms with Crippen molar-refractivity contribution in [1.29, 1.82) is 0 Å². The molecule has 0 aliphatic carbocycles. The maximum absolute atomic E-state index is 13.2. The summed E-state index contributed by atoms with van der Waals surface area (Å²) in [4.78, 5) is 40.3. The van der Waals surface area contributed by atoms with E-state index in [0.717, 1.165) is 4.90 Å². The minimum Gasteiger partial charge on any atom is -0.322 e. The first-order valence-corrected chi connectivity index (χ1v) is 10.9. The molecule has 3 amide bonds. The second-order valence-corrected chi connectivity index (χ2v) is 8.75. The summed E-state index contributed by atoms with van der Waals surface area (Å²) in [6.45, 7) is 1.76. The number of para-hydroxylation sites is 1. The van der Waals surface area contributed by atoms with Gasteiger partial charge in [-0.05, 0) is 36.8 Å². The van der Waals surface area contributed by atoms with Crippen molar-refractivity contribution in [2.24, 2.45) is 0 Å². The second-order valence-electron chi connectivity index (χ2n) is 6.84. The molecule has 5 nitrogen and oxygen atoms in total. The highest BCUT2D eigenvalue weighted by Crippen LogP contribution is 2.46. The van der Waals surface area contributed by atoms with Crippen LogP contribution in [0.25, 0.3) is 0 Å². The fraction of sp³-hybridized carbons (Fsp3) is 0.0455. The lowest BCUT2D eigenvalue weighted by molar-refractivity contribution is 0.0926. The third-order valence-electron chi connectivity index (χ3n) is 5.01. The van der Waals surface area contributed by atoms with Gasteiger partial charge in [0.15, 0.2) is 0 Å². The summed E-state index contributed by atoms with van der Waals surface area (Å²) in [7, 11) is 0. The number of carbonyl (C=O) groups excluding carboxylic acids is 3. The Kier molecular flexibility index (Phi) is 6.14. The number of benzene rings is 3. The Balaban J connectivity index is 1.79. The number of carbonyl (C=O) groups is 3. The summed E-state index contributed by atoms with van der Waals surface area (Å²) in [5.41, 5.74) is 0.947. The zero-order valence-corrected chi connectivity index (χ0v) is 19.9. The summed E-state index contributed by atoms with van der Waals surface area (Å²) in [6, 6.07) is 11.2. The third-order valence-corrected chi connectivity index (χ3v) is 7.22. The van der Waals surface area contributed by atoms with E-state index in [0.29, 0.717) is 16.3 Å². The molecule has 0 radical (unpaired) electrons. The van der Waals surface area contributed by atoms with Crippen LogP contribution in [0.1, 0.15) is 36.6 Å².